The second kappa shape index (κ2) is 6.44. The number of primary amides is 1. The van der Waals surface area contributed by atoms with E-state index in [4.69, 9.17) is 5.73 Å². The quantitative estimate of drug-likeness (QED) is 0.888. The van der Waals surface area contributed by atoms with Crippen LogP contribution in [-0.2, 0) is 4.79 Å². The SMILES string of the molecule is Cc1nc2ccccc2c(C)c1C(=O)N1CCCC(O)(CC(N)=O)C1. The molecular formula is C19H23N3O3. The Bertz CT molecular complexity index is 849. The van der Waals surface area contributed by atoms with Crippen molar-refractivity contribution in [2.45, 2.75) is 38.7 Å². The average Bonchev–Trinajstić information content (AvgIpc) is 2.53. The molecule has 1 fully saturated rings. The van der Waals surface area contributed by atoms with Crippen molar-refractivity contribution < 1.29 is 14.7 Å². The smallest absolute Gasteiger partial charge is 0.256 e. The Balaban J connectivity index is 1.95. The lowest BCUT2D eigenvalue weighted by Crippen LogP contribution is -2.52. The van der Waals surface area contributed by atoms with E-state index in [1.807, 2.05) is 38.1 Å². The number of aliphatic hydroxyl groups is 1. The van der Waals surface area contributed by atoms with Crippen LogP contribution in [0.15, 0.2) is 24.3 Å². The van der Waals surface area contributed by atoms with E-state index in [0.29, 0.717) is 30.6 Å². The summed E-state index contributed by atoms with van der Waals surface area (Å²) in [5, 5.41) is 11.6. The molecule has 1 aromatic carbocycles. The third kappa shape index (κ3) is 3.35. The van der Waals surface area contributed by atoms with Gasteiger partial charge in [0.05, 0.1) is 35.3 Å². The molecule has 1 aliphatic heterocycles. The number of carbonyl (C=O) groups is 2. The highest BCUT2D eigenvalue weighted by Crippen LogP contribution is 2.28. The number of rotatable bonds is 3. The molecule has 1 atom stereocenters. The number of likely N-dealkylation sites (tertiary alicyclic amines) is 1. The summed E-state index contributed by atoms with van der Waals surface area (Å²) in [5.74, 6) is -0.715. The minimum atomic E-state index is -1.24. The van der Waals surface area contributed by atoms with Gasteiger partial charge in [-0.3, -0.25) is 14.6 Å². The second-order valence-corrected chi connectivity index (χ2v) is 6.91. The Morgan fingerprint density at radius 2 is 2.04 bits per heavy atom. The Morgan fingerprint density at radius 3 is 2.76 bits per heavy atom. The molecule has 2 aromatic rings. The van der Waals surface area contributed by atoms with Gasteiger partial charge in [0.1, 0.15) is 0 Å². The first kappa shape index (κ1) is 17.4. The van der Waals surface area contributed by atoms with Crippen LogP contribution in [0, 0.1) is 13.8 Å². The predicted molar refractivity (Wildman–Crippen MR) is 95.1 cm³/mol. The summed E-state index contributed by atoms with van der Waals surface area (Å²) in [5.41, 5.74) is 6.98. The number of hydrogen-bond acceptors (Lipinski definition) is 4. The van der Waals surface area contributed by atoms with E-state index >= 15 is 0 Å². The molecule has 3 N–H and O–H groups in total. The summed E-state index contributed by atoms with van der Waals surface area (Å²) in [6, 6.07) is 7.72. The first-order valence-electron chi connectivity index (χ1n) is 8.47. The Morgan fingerprint density at radius 1 is 1.32 bits per heavy atom. The van der Waals surface area contributed by atoms with Crippen LogP contribution in [0.1, 0.15) is 40.9 Å². The molecule has 0 radical (unpaired) electrons. The zero-order valence-corrected chi connectivity index (χ0v) is 14.6. The van der Waals surface area contributed by atoms with E-state index < -0.39 is 11.5 Å². The van der Waals surface area contributed by atoms with Crippen LogP contribution in [0.2, 0.25) is 0 Å². The number of benzene rings is 1. The fraction of sp³-hybridized carbons (Fsp3) is 0.421. The Labute approximate surface area is 146 Å². The third-order valence-corrected chi connectivity index (χ3v) is 4.89. The lowest BCUT2D eigenvalue weighted by Gasteiger charge is -2.39. The number of piperidine rings is 1. The van der Waals surface area contributed by atoms with Crippen molar-refractivity contribution in [3.8, 4) is 0 Å². The molecule has 0 bridgehead atoms. The van der Waals surface area contributed by atoms with Gasteiger partial charge in [-0.15, -0.1) is 0 Å². The highest BCUT2D eigenvalue weighted by atomic mass is 16.3. The number of aryl methyl sites for hydroxylation is 2. The topological polar surface area (TPSA) is 96.5 Å². The number of para-hydroxylation sites is 1. The molecule has 3 rings (SSSR count). The van der Waals surface area contributed by atoms with Gasteiger partial charge in [0, 0.05) is 11.9 Å². The molecule has 25 heavy (non-hydrogen) atoms. The predicted octanol–water partition coefficient (Wildman–Crippen LogP) is 1.69. The van der Waals surface area contributed by atoms with E-state index in [2.05, 4.69) is 4.98 Å². The van der Waals surface area contributed by atoms with Crippen LogP contribution < -0.4 is 5.73 Å². The zero-order chi connectivity index (χ0) is 18.2. The van der Waals surface area contributed by atoms with Crippen molar-refractivity contribution in [3.05, 3.63) is 41.1 Å². The summed E-state index contributed by atoms with van der Waals surface area (Å²) < 4.78 is 0. The summed E-state index contributed by atoms with van der Waals surface area (Å²) in [6.07, 6.45) is 0.965. The number of nitrogens with two attached hydrogens (primary N) is 1. The second-order valence-electron chi connectivity index (χ2n) is 6.91. The molecule has 1 aromatic heterocycles. The van der Waals surface area contributed by atoms with Crippen molar-refractivity contribution in [2.24, 2.45) is 5.73 Å². The number of β-amino-alcohol motifs (C(OH)–C–C–N with tert-alkyl or cyclic N) is 1. The van der Waals surface area contributed by atoms with Crippen LogP contribution in [0.4, 0.5) is 0 Å². The van der Waals surface area contributed by atoms with Crippen LogP contribution in [0.25, 0.3) is 10.9 Å². The number of nitrogens with zero attached hydrogens (tertiary/aromatic N) is 2. The van der Waals surface area contributed by atoms with Gasteiger partial charge in [-0.05, 0) is 38.3 Å². The minimum Gasteiger partial charge on any atom is -0.388 e. The normalized spacial score (nSPS) is 20.7. The Kier molecular flexibility index (Phi) is 4.47. The molecule has 1 unspecified atom stereocenters. The van der Waals surface area contributed by atoms with Gasteiger partial charge in [0.15, 0.2) is 0 Å². The fourth-order valence-electron chi connectivity index (χ4n) is 3.76. The van der Waals surface area contributed by atoms with E-state index in [1.165, 1.54) is 0 Å². The molecule has 6 heteroatoms. The van der Waals surface area contributed by atoms with E-state index in [0.717, 1.165) is 16.5 Å². The van der Waals surface area contributed by atoms with Crippen LogP contribution in [0.3, 0.4) is 0 Å². The Hall–Kier alpha value is -2.47. The van der Waals surface area contributed by atoms with Crippen molar-refractivity contribution >= 4 is 22.7 Å². The number of aromatic nitrogens is 1. The molecule has 0 saturated carbocycles. The van der Waals surface area contributed by atoms with Gasteiger partial charge in [0.2, 0.25) is 5.91 Å². The molecule has 0 spiro atoms. The molecule has 0 aliphatic carbocycles. The summed E-state index contributed by atoms with van der Waals surface area (Å²) in [4.78, 5) is 30.5. The lowest BCUT2D eigenvalue weighted by atomic mass is 9.88. The molecule has 6 nitrogen and oxygen atoms in total. The van der Waals surface area contributed by atoms with Crippen LogP contribution in [0.5, 0.6) is 0 Å². The van der Waals surface area contributed by atoms with E-state index in [1.54, 1.807) is 4.90 Å². The lowest BCUT2D eigenvalue weighted by molar-refractivity contribution is -0.125. The average molecular weight is 341 g/mol. The molecule has 1 saturated heterocycles. The minimum absolute atomic E-state index is 0.112. The van der Waals surface area contributed by atoms with E-state index in [9.17, 15) is 14.7 Å². The van der Waals surface area contributed by atoms with Crippen molar-refractivity contribution in [2.75, 3.05) is 13.1 Å². The summed E-state index contributed by atoms with van der Waals surface area (Å²) >= 11 is 0. The van der Waals surface area contributed by atoms with Gasteiger partial charge in [-0.1, -0.05) is 18.2 Å². The summed E-state index contributed by atoms with van der Waals surface area (Å²) in [6.45, 7) is 4.40. The van der Waals surface area contributed by atoms with Crippen molar-refractivity contribution in [1.82, 2.24) is 9.88 Å². The third-order valence-electron chi connectivity index (χ3n) is 4.89. The first-order valence-corrected chi connectivity index (χ1v) is 8.47. The number of amides is 2. The van der Waals surface area contributed by atoms with Crippen LogP contribution >= 0.6 is 0 Å². The number of hydrogen-bond donors (Lipinski definition) is 2. The number of carbonyl (C=O) groups excluding carboxylic acids is 2. The van der Waals surface area contributed by atoms with Gasteiger partial charge in [-0.2, -0.15) is 0 Å². The molecule has 1 aliphatic rings. The highest BCUT2D eigenvalue weighted by Gasteiger charge is 2.37. The maximum atomic E-state index is 13.1. The number of fused-ring (bicyclic) bond motifs is 1. The highest BCUT2D eigenvalue weighted by molar-refractivity contribution is 6.01. The maximum Gasteiger partial charge on any atom is 0.256 e. The van der Waals surface area contributed by atoms with Gasteiger partial charge >= 0.3 is 0 Å². The standard InChI is InChI=1S/C19H23N3O3/c1-12-14-6-3-4-7-15(14)21-13(2)17(12)18(24)22-9-5-8-19(25,11-22)10-16(20)23/h3-4,6-7,25H,5,8-11H2,1-2H3,(H2,20,23). The molecule has 132 valence electrons. The van der Waals surface area contributed by atoms with Gasteiger partial charge < -0.3 is 15.7 Å². The molecule has 2 heterocycles. The fourth-order valence-corrected chi connectivity index (χ4v) is 3.76. The molecule has 2 amide bonds. The largest absolute Gasteiger partial charge is 0.388 e. The maximum absolute atomic E-state index is 13.1. The first-order chi connectivity index (χ1) is 11.8. The van der Waals surface area contributed by atoms with Crippen LogP contribution in [-0.4, -0.2) is 45.5 Å². The monoisotopic (exact) mass is 341 g/mol. The van der Waals surface area contributed by atoms with Gasteiger partial charge in [-0.25, -0.2) is 0 Å². The van der Waals surface area contributed by atoms with Crippen molar-refractivity contribution in [1.29, 1.82) is 0 Å². The summed E-state index contributed by atoms with van der Waals surface area (Å²) in [7, 11) is 0. The van der Waals surface area contributed by atoms with Crippen molar-refractivity contribution in [3.63, 3.8) is 0 Å². The van der Waals surface area contributed by atoms with E-state index in [-0.39, 0.29) is 18.9 Å². The number of pyridine rings is 1. The molecular weight excluding hydrogens is 318 g/mol. The van der Waals surface area contributed by atoms with Gasteiger partial charge in [0.25, 0.3) is 5.91 Å². The zero-order valence-electron chi connectivity index (χ0n) is 14.6.